The summed E-state index contributed by atoms with van der Waals surface area (Å²) < 4.78 is 0. The molecule has 4 heteroatoms. The zero-order valence-electron chi connectivity index (χ0n) is 18.4. The van der Waals surface area contributed by atoms with E-state index in [9.17, 15) is 5.11 Å². The second-order valence-electron chi connectivity index (χ2n) is 9.45. The van der Waals surface area contributed by atoms with E-state index < -0.39 is 5.60 Å². The van der Waals surface area contributed by atoms with Gasteiger partial charge in [0.2, 0.25) is 0 Å². The molecule has 4 nitrogen and oxygen atoms in total. The molecule has 3 aliphatic rings. The van der Waals surface area contributed by atoms with E-state index in [4.69, 9.17) is 0 Å². The van der Waals surface area contributed by atoms with Gasteiger partial charge in [-0.3, -0.25) is 0 Å². The van der Waals surface area contributed by atoms with E-state index >= 15 is 0 Å². The van der Waals surface area contributed by atoms with Crippen molar-refractivity contribution in [1.82, 2.24) is 14.9 Å². The third-order valence-electron chi connectivity index (χ3n) is 7.41. The van der Waals surface area contributed by atoms with Crippen LogP contribution in [0.2, 0.25) is 0 Å². The lowest BCUT2D eigenvalue weighted by Crippen LogP contribution is -2.50. The monoisotopic (exact) mass is 395 g/mol. The van der Waals surface area contributed by atoms with E-state index in [2.05, 4.69) is 47.9 Å². The third-order valence-corrected chi connectivity index (χ3v) is 7.41. The minimum atomic E-state index is -0.489. The maximum Gasteiger partial charge on any atom is 0.107 e. The van der Waals surface area contributed by atoms with E-state index in [-0.39, 0.29) is 0 Å². The topological polar surface area (TPSA) is 52.1 Å². The highest BCUT2D eigenvalue weighted by atomic mass is 16.3. The minimum absolute atomic E-state index is 0.387. The van der Waals surface area contributed by atoms with Crippen LogP contribution < -0.4 is 0 Å². The molecule has 1 saturated carbocycles. The summed E-state index contributed by atoms with van der Waals surface area (Å²) >= 11 is 0. The molecule has 1 fully saturated rings. The van der Waals surface area contributed by atoms with Crippen molar-refractivity contribution in [2.75, 3.05) is 20.1 Å². The number of aryl methyl sites for hydroxylation is 1. The van der Waals surface area contributed by atoms with Crippen molar-refractivity contribution in [3.63, 3.8) is 0 Å². The lowest BCUT2D eigenvalue weighted by atomic mass is 9.58. The fraction of sp³-hybridized carbons (Fsp3) is 0.640. The van der Waals surface area contributed by atoms with Gasteiger partial charge in [0.25, 0.3) is 0 Å². The average Bonchev–Trinajstić information content (AvgIpc) is 3.12. The second-order valence-corrected chi connectivity index (χ2v) is 9.45. The van der Waals surface area contributed by atoms with E-state index in [1.54, 1.807) is 5.57 Å². The standard InChI is InChI=1S/C25H37N3O/c1-4-8-20-18(2)21-13-12-19(20)17-25(21,29)14-16-28(3)15-7-11-24-26-22-9-5-6-10-23(22)27-24/h5-6,9-10,19,21,29H,4,7-8,11-17H2,1-3H3,(H,26,27)/t19-,21?,25?/m0/s1. The van der Waals surface area contributed by atoms with E-state index in [0.717, 1.165) is 55.6 Å². The number of allylic oxidation sites excluding steroid dienone is 1. The Bertz CT molecular complexity index is 837. The molecule has 1 aromatic heterocycles. The van der Waals surface area contributed by atoms with Gasteiger partial charge in [-0.05, 0) is 77.1 Å². The first-order valence-corrected chi connectivity index (χ1v) is 11.5. The van der Waals surface area contributed by atoms with Gasteiger partial charge in [-0.1, -0.05) is 36.6 Å². The largest absolute Gasteiger partial charge is 0.389 e. The maximum absolute atomic E-state index is 11.5. The van der Waals surface area contributed by atoms with Crippen LogP contribution in [0.25, 0.3) is 11.0 Å². The first kappa shape index (κ1) is 20.6. The van der Waals surface area contributed by atoms with Gasteiger partial charge in [-0.15, -0.1) is 0 Å². The molecule has 0 saturated heterocycles. The fourth-order valence-corrected chi connectivity index (χ4v) is 5.85. The van der Waals surface area contributed by atoms with Crippen molar-refractivity contribution in [1.29, 1.82) is 0 Å². The highest BCUT2D eigenvalue weighted by Gasteiger charge is 2.48. The quantitative estimate of drug-likeness (QED) is 0.581. The van der Waals surface area contributed by atoms with Crippen LogP contribution >= 0.6 is 0 Å². The summed E-state index contributed by atoms with van der Waals surface area (Å²) in [5, 5.41) is 11.5. The number of nitrogens with zero attached hydrogens (tertiary/aromatic N) is 2. The number of aromatic nitrogens is 2. The van der Waals surface area contributed by atoms with Gasteiger partial charge >= 0.3 is 0 Å². The van der Waals surface area contributed by atoms with E-state index in [1.807, 2.05) is 12.1 Å². The molecule has 158 valence electrons. The first-order chi connectivity index (χ1) is 14.0. The molecule has 2 unspecified atom stereocenters. The van der Waals surface area contributed by atoms with Gasteiger partial charge in [0.1, 0.15) is 5.82 Å². The Labute approximate surface area is 175 Å². The summed E-state index contributed by atoms with van der Waals surface area (Å²) in [6.45, 7) is 6.57. The average molecular weight is 396 g/mol. The van der Waals surface area contributed by atoms with Crippen molar-refractivity contribution in [3.8, 4) is 0 Å². The Hall–Kier alpha value is -1.65. The van der Waals surface area contributed by atoms with Crippen molar-refractivity contribution in [2.45, 2.75) is 70.8 Å². The van der Waals surface area contributed by atoms with Crippen LogP contribution in [-0.4, -0.2) is 45.7 Å². The molecule has 1 aromatic carbocycles. The molecule has 2 aromatic rings. The Kier molecular flexibility index (Phi) is 6.12. The Morgan fingerprint density at radius 3 is 2.79 bits per heavy atom. The van der Waals surface area contributed by atoms with Crippen LogP contribution in [-0.2, 0) is 6.42 Å². The lowest BCUT2D eigenvalue weighted by molar-refractivity contribution is -0.0685. The first-order valence-electron chi connectivity index (χ1n) is 11.5. The molecule has 29 heavy (non-hydrogen) atoms. The number of para-hydroxylation sites is 2. The number of hydrogen-bond donors (Lipinski definition) is 2. The van der Waals surface area contributed by atoms with Gasteiger partial charge in [0.05, 0.1) is 16.6 Å². The van der Waals surface area contributed by atoms with Crippen molar-refractivity contribution in [3.05, 3.63) is 41.2 Å². The number of aliphatic hydroxyl groups is 1. The van der Waals surface area contributed by atoms with Crippen molar-refractivity contribution >= 4 is 11.0 Å². The molecular weight excluding hydrogens is 358 g/mol. The van der Waals surface area contributed by atoms with Gasteiger partial charge in [0.15, 0.2) is 0 Å². The highest BCUT2D eigenvalue weighted by Crippen LogP contribution is 2.52. The summed E-state index contributed by atoms with van der Waals surface area (Å²) in [6, 6.07) is 8.22. The summed E-state index contributed by atoms with van der Waals surface area (Å²) in [5.74, 6) is 2.09. The number of fused-ring (bicyclic) bond motifs is 3. The molecule has 1 heterocycles. The molecule has 0 aliphatic heterocycles. The van der Waals surface area contributed by atoms with Crippen LogP contribution in [0.1, 0.15) is 64.6 Å². The molecule has 0 spiro atoms. The molecule has 5 rings (SSSR count). The molecule has 2 bridgehead atoms. The van der Waals surface area contributed by atoms with Gasteiger partial charge < -0.3 is 15.0 Å². The molecule has 0 amide bonds. The highest BCUT2D eigenvalue weighted by molar-refractivity contribution is 5.74. The molecule has 2 N–H and O–H groups in total. The van der Waals surface area contributed by atoms with Crippen LogP contribution in [0.3, 0.4) is 0 Å². The molecular formula is C25H37N3O. The predicted molar refractivity (Wildman–Crippen MR) is 120 cm³/mol. The number of H-pyrrole nitrogens is 1. The normalized spacial score (nSPS) is 26.8. The fourth-order valence-electron chi connectivity index (χ4n) is 5.85. The maximum atomic E-state index is 11.5. The summed E-state index contributed by atoms with van der Waals surface area (Å²) in [5.41, 5.74) is 4.88. The smallest absolute Gasteiger partial charge is 0.107 e. The zero-order chi connectivity index (χ0) is 20.4. The molecule has 3 aliphatic carbocycles. The van der Waals surface area contributed by atoms with Crippen LogP contribution in [0, 0.1) is 11.8 Å². The van der Waals surface area contributed by atoms with Crippen LogP contribution in [0.15, 0.2) is 35.4 Å². The SMILES string of the molecule is CCCC1=C(C)C2CC[C@H]1CC2(O)CCN(C)CCCc1nc2ccccc2[nH]1. The number of hydrogen-bond acceptors (Lipinski definition) is 3. The minimum Gasteiger partial charge on any atom is -0.389 e. The number of nitrogens with one attached hydrogen (secondary N) is 1. The Morgan fingerprint density at radius 2 is 2.03 bits per heavy atom. The number of benzene rings is 1. The summed E-state index contributed by atoms with van der Waals surface area (Å²) in [4.78, 5) is 10.5. The van der Waals surface area contributed by atoms with Gasteiger partial charge in [0, 0.05) is 18.9 Å². The number of imidazole rings is 1. The zero-order valence-corrected chi connectivity index (χ0v) is 18.4. The number of rotatable bonds is 9. The molecule has 0 radical (unpaired) electrons. The van der Waals surface area contributed by atoms with Crippen LogP contribution in [0.4, 0.5) is 0 Å². The lowest BCUT2D eigenvalue weighted by Gasteiger charge is -2.51. The van der Waals surface area contributed by atoms with Crippen molar-refractivity contribution in [2.24, 2.45) is 11.8 Å². The number of aromatic amines is 1. The Morgan fingerprint density at radius 1 is 1.21 bits per heavy atom. The second kappa shape index (κ2) is 8.61. The summed E-state index contributed by atoms with van der Waals surface area (Å²) in [7, 11) is 2.19. The predicted octanol–water partition coefficient (Wildman–Crippen LogP) is 5.10. The van der Waals surface area contributed by atoms with Gasteiger partial charge in [-0.2, -0.15) is 0 Å². The third kappa shape index (κ3) is 4.29. The Balaban J connectivity index is 1.27. The van der Waals surface area contributed by atoms with Crippen LogP contribution in [0.5, 0.6) is 0 Å². The summed E-state index contributed by atoms with van der Waals surface area (Å²) in [6.07, 6.45) is 8.84. The van der Waals surface area contributed by atoms with Gasteiger partial charge in [-0.25, -0.2) is 4.98 Å². The van der Waals surface area contributed by atoms with E-state index in [1.165, 1.54) is 31.3 Å². The molecule has 3 atom stereocenters. The van der Waals surface area contributed by atoms with E-state index in [0.29, 0.717) is 11.8 Å². The van der Waals surface area contributed by atoms with Crippen molar-refractivity contribution < 1.29 is 5.11 Å².